The normalized spacial score (nSPS) is 14.1. The van der Waals surface area contributed by atoms with Gasteiger partial charge in [0.25, 0.3) is 0 Å². The number of rotatable bonds is 15. The number of carboxylic acids is 1. The molecule has 8 N–H and O–H groups in total. The molecule has 0 bridgehead atoms. The number of aromatic amines is 1. The highest BCUT2D eigenvalue weighted by Crippen LogP contribution is 2.20. The summed E-state index contributed by atoms with van der Waals surface area (Å²) in [5.41, 5.74) is 8.85. The first-order chi connectivity index (χ1) is 24.5. The van der Waals surface area contributed by atoms with E-state index in [0.29, 0.717) is 5.56 Å². The first-order valence-corrected chi connectivity index (χ1v) is 16.7. The van der Waals surface area contributed by atoms with Crippen LogP contribution in [0.1, 0.15) is 30.5 Å². The third-order valence-corrected chi connectivity index (χ3v) is 8.68. The highest BCUT2D eigenvalue weighted by atomic mass is 16.4. The Morgan fingerprint density at radius 2 is 1.22 bits per heavy atom. The monoisotopic (exact) mass is 690 g/mol. The minimum Gasteiger partial charge on any atom is -0.480 e. The van der Waals surface area contributed by atoms with Gasteiger partial charge in [-0.3, -0.25) is 19.2 Å². The van der Waals surface area contributed by atoms with Crippen molar-refractivity contribution >= 4 is 51.3 Å². The molecule has 1 aromatic heterocycles. The molecule has 5 aromatic rings. The van der Waals surface area contributed by atoms with E-state index >= 15 is 0 Å². The number of benzene rings is 4. The number of aromatic nitrogens is 1. The maximum Gasteiger partial charge on any atom is 0.326 e. The average Bonchev–Trinajstić information content (AvgIpc) is 3.53. The van der Waals surface area contributed by atoms with Gasteiger partial charge in [0.2, 0.25) is 23.6 Å². The Labute approximate surface area is 295 Å². The smallest absolute Gasteiger partial charge is 0.326 e. The molecule has 0 aliphatic rings. The van der Waals surface area contributed by atoms with Crippen molar-refractivity contribution in [2.24, 2.45) is 5.73 Å². The van der Waals surface area contributed by atoms with Crippen LogP contribution in [-0.4, -0.2) is 69.9 Å². The van der Waals surface area contributed by atoms with Gasteiger partial charge >= 0.3 is 5.97 Å². The Bertz CT molecular complexity index is 2030. The number of carbonyl (C=O) groups excluding carboxylic acids is 4. The fourth-order valence-electron chi connectivity index (χ4n) is 5.84. The van der Waals surface area contributed by atoms with Gasteiger partial charge in [-0.2, -0.15) is 0 Å². The van der Waals surface area contributed by atoms with Crippen molar-refractivity contribution in [3.8, 4) is 0 Å². The number of H-pyrrole nitrogens is 1. The number of nitrogens with two attached hydrogens (primary N) is 1. The number of hydrogen-bond acceptors (Lipinski definition) is 6. The number of para-hydroxylation sites is 1. The summed E-state index contributed by atoms with van der Waals surface area (Å²) in [5, 5.41) is 23.4. The molecule has 0 unspecified atom stereocenters. The number of hydrogen-bond donors (Lipinski definition) is 7. The molecule has 4 aromatic carbocycles. The van der Waals surface area contributed by atoms with Gasteiger partial charge in [-0.1, -0.05) is 91.0 Å². The fourth-order valence-corrected chi connectivity index (χ4v) is 5.84. The van der Waals surface area contributed by atoms with Gasteiger partial charge in [0.05, 0.1) is 6.04 Å². The summed E-state index contributed by atoms with van der Waals surface area (Å²) in [6.45, 7) is 2.97. The van der Waals surface area contributed by atoms with Crippen molar-refractivity contribution in [3.05, 3.63) is 120 Å². The first-order valence-electron chi connectivity index (χ1n) is 16.7. The van der Waals surface area contributed by atoms with E-state index in [-0.39, 0.29) is 19.3 Å². The largest absolute Gasteiger partial charge is 0.480 e. The Morgan fingerprint density at radius 1 is 0.627 bits per heavy atom. The van der Waals surface area contributed by atoms with Crippen molar-refractivity contribution in [3.63, 3.8) is 0 Å². The molecule has 0 radical (unpaired) electrons. The molecule has 1 heterocycles. The van der Waals surface area contributed by atoms with Crippen LogP contribution in [-0.2, 0) is 43.2 Å². The van der Waals surface area contributed by atoms with Crippen LogP contribution in [0.3, 0.4) is 0 Å². The Kier molecular flexibility index (Phi) is 11.8. The van der Waals surface area contributed by atoms with E-state index in [1.54, 1.807) is 30.5 Å². The van der Waals surface area contributed by atoms with E-state index in [0.717, 1.165) is 32.8 Å². The SMILES string of the molecule is C[C@H](NC(=O)[C@@H](Cc1ccc2ccccc2c1)NC(=O)[C@@H](C)N)C(=O)N[C@@H](Cc1c[nH]c2ccccc12)C(=O)N[C@H](Cc1ccccc1)C(=O)O. The fraction of sp³-hybridized carbons (Fsp3) is 0.256. The molecule has 0 aliphatic heterocycles. The van der Waals surface area contributed by atoms with E-state index < -0.39 is 59.8 Å². The summed E-state index contributed by atoms with van der Waals surface area (Å²) in [6.07, 6.45) is 1.94. The molecule has 0 saturated heterocycles. The molecule has 12 nitrogen and oxygen atoms in total. The van der Waals surface area contributed by atoms with E-state index in [1.165, 1.54) is 13.8 Å². The summed E-state index contributed by atoms with van der Waals surface area (Å²) in [4.78, 5) is 68.9. The molecule has 4 amide bonds. The van der Waals surface area contributed by atoms with Crippen LogP contribution in [0.4, 0.5) is 0 Å². The highest BCUT2D eigenvalue weighted by molar-refractivity contribution is 5.96. The topological polar surface area (TPSA) is 196 Å². The van der Waals surface area contributed by atoms with Crippen molar-refractivity contribution in [2.45, 2.75) is 63.3 Å². The average molecular weight is 691 g/mol. The highest BCUT2D eigenvalue weighted by Gasteiger charge is 2.31. The number of fused-ring (bicyclic) bond motifs is 2. The zero-order chi connectivity index (χ0) is 36.5. The van der Waals surface area contributed by atoms with Gasteiger partial charge < -0.3 is 37.1 Å². The lowest BCUT2D eigenvalue weighted by Crippen LogP contribution is -2.58. The van der Waals surface area contributed by atoms with Gasteiger partial charge in [0.1, 0.15) is 24.2 Å². The molecule has 0 fully saturated rings. The lowest BCUT2D eigenvalue weighted by atomic mass is 10.0. The molecule has 5 rings (SSSR count). The molecular formula is C39H42N6O6. The summed E-state index contributed by atoms with van der Waals surface area (Å²) in [7, 11) is 0. The summed E-state index contributed by atoms with van der Waals surface area (Å²) in [6, 6.07) is 24.3. The maximum atomic E-state index is 13.7. The van der Waals surface area contributed by atoms with Gasteiger partial charge in [-0.15, -0.1) is 0 Å². The third-order valence-electron chi connectivity index (χ3n) is 8.68. The summed E-state index contributed by atoms with van der Waals surface area (Å²) < 4.78 is 0. The number of carbonyl (C=O) groups is 5. The molecule has 0 saturated carbocycles. The second-order valence-electron chi connectivity index (χ2n) is 12.7. The Hall–Kier alpha value is -6.01. The van der Waals surface area contributed by atoms with Crippen LogP contribution >= 0.6 is 0 Å². The Balaban J connectivity index is 1.33. The lowest BCUT2D eigenvalue weighted by molar-refractivity contribution is -0.142. The summed E-state index contributed by atoms with van der Waals surface area (Å²) >= 11 is 0. The lowest BCUT2D eigenvalue weighted by Gasteiger charge is -2.25. The van der Waals surface area contributed by atoms with Crippen LogP contribution < -0.4 is 27.0 Å². The van der Waals surface area contributed by atoms with E-state index in [4.69, 9.17) is 5.73 Å². The molecule has 12 heteroatoms. The van der Waals surface area contributed by atoms with Crippen molar-refractivity contribution in [1.82, 2.24) is 26.3 Å². The maximum absolute atomic E-state index is 13.7. The van der Waals surface area contributed by atoms with E-state index in [9.17, 15) is 29.1 Å². The predicted molar refractivity (Wildman–Crippen MR) is 194 cm³/mol. The second kappa shape index (κ2) is 16.6. The second-order valence-corrected chi connectivity index (χ2v) is 12.7. The number of aliphatic carboxylic acids is 1. The molecule has 0 aliphatic carbocycles. The van der Waals surface area contributed by atoms with Gasteiger partial charge in [-0.25, -0.2) is 4.79 Å². The zero-order valence-corrected chi connectivity index (χ0v) is 28.4. The number of carboxylic acid groups (broad SMARTS) is 1. The zero-order valence-electron chi connectivity index (χ0n) is 28.4. The van der Waals surface area contributed by atoms with Gasteiger partial charge in [-0.05, 0) is 47.4 Å². The minimum absolute atomic E-state index is 0.0356. The number of amides is 4. The van der Waals surface area contributed by atoms with Crippen molar-refractivity contribution < 1.29 is 29.1 Å². The van der Waals surface area contributed by atoms with E-state index in [2.05, 4.69) is 26.3 Å². The van der Waals surface area contributed by atoms with Gasteiger partial charge in [0, 0.05) is 36.4 Å². The van der Waals surface area contributed by atoms with Crippen LogP contribution in [0, 0.1) is 0 Å². The Morgan fingerprint density at radius 3 is 1.94 bits per heavy atom. The van der Waals surface area contributed by atoms with Crippen LogP contribution in [0.5, 0.6) is 0 Å². The molecule has 0 spiro atoms. The van der Waals surface area contributed by atoms with Crippen LogP contribution in [0.2, 0.25) is 0 Å². The minimum atomic E-state index is -1.26. The quantitative estimate of drug-likeness (QED) is 0.0877. The van der Waals surface area contributed by atoms with Crippen molar-refractivity contribution in [1.29, 1.82) is 0 Å². The van der Waals surface area contributed by atoms with Crippen LogP contribution in [0.25, 0.3) is 21.7 Å². The number of nitrogens with one attached hydrogen (secondary N) is 5. The van der Waals surface area contributed by atoms with Crippen LogP contribution in [0.15, 0.2) is 103 Å². The summed E-state index contributed by atoms with van der Waals surface area (Å²) in [5.74, 6) is -3.76. The molecule has 264 valence electrons. The van der Waals surface area contributed by atoms with Gasteiger partial charge in [0.15, 0.2) is 0 Å². The van der Waals surface area contributed by atoms with E-state index in [1.807, 2.05) is 72.8 Å². The first kappa shape index (κ1) is 36.3. The predicted octanol–water partition coefficient (Wildman–Crippen LogP) is 2.74. The third kappa shape index (κ3) is 9.58. The molecular weight excluding hydrogens is 648 g/mol. The van der Waals surface area contributed by atoms with Crippen molar-refractivity contribution in [2.75, 3.05) is 0 Å². The molecule has 51 heavy (non-hydrogen) atoms. The molecule has 5 atom stereocenters. The standard InChI is InChI=1S/C39H42N6O6/c1-23(40)35(46)43-32(20-26-16-17-27-12-6-7-13-28(27)18-26)37(48)42-24(2)36(47)44-33(21-29-22-41-31-15-9-8-14-30(29)31)38(49)45-34(39(50)51)19-25-10-4-3-5-11-25/h3-18,22-24,32-34,41H,19-21,40H2,1-2H3,(H,42,48)(H,43,46)(H,44,47)(H,45,49)(H,50,51)/t23-,24+,32-,33+,34-/m1/s1.